The molecule has 0 aliphatic heterocycles. The maximum absolute atomic E-state index is 11.7. The first-order chi connectivity index (χ1) is 9.65. The van der Waals surface area contributed by atoms with Crippen LogP contribution in [0.1, 0.15) is 24.0 Å². The first-order valence-corrected chi connectivity index (χ1v) is 7.22. The minimum absolute atomic E-state index is 0.0899. The van der Waals surface area contributed by atoms with Crippen LogP contribution in [0.4, 0.5) is 0 Å². The number of carbonyl (C=O) groups is 2. The van der Waals surface area contributed by atoms with Gasteiger partial charge in [-0.3, -0.25) is 9.59 Å². The number of amides is 1. The normalized spacial score (nSPS) is 24.2. The van der Waals surface area contributed by atoms with E-state index >= 15 is 0 Å². The number of nitrogens with one attached hydrogen (secondary N) is 1. The SMILES string of the molecule is O=C(O)C1CC1C(=O)NCCC1Cc2ccccc2C1. The second-order valence-corrected chi connectivity index (χ2v) is 5.91. The number of hydrogen-bond acceptors (Lipinski definition) is 2. The summed E-state index contributed by atoms with van der Waals surface area (Å²) in [5, 5.41) is 11.7. The molecule has 1 aromatic carbocycles. The van der Waals surface area contributed by atoms with E-state index in [1.54, 1.807) is 0 Å². The molecule has 0 saturated heterocycles. The fourth-order valence-electron chi connectivity index (χ4n) is 3.14. The Labute approximate surface area is 118 Å². The molecule has 2 aliphatic carbocycles. The summed E-state index contributed by atoms with van der Waals surface area (Å²) in [5.74, 6) is -1.09. The van der Waals surface area contributed by atoms with E-state index in [2.05, 4.69) is 29.6 Å². The van der Waals surface area contributed by atoms with Crippen molar-refractivity contribution in [3.05, 3.63) is 35.4 Å². The Morgan fingerprint density at radius 1 is 1.15 bits per heavy atom. The van der Waals surface area contributed by atoms with Gasteiger partial charge in [0.1, 0.15) is 0 Å². The topological polar surface area (TPSA) is 66.4 Å². The molecule has 1 saturated carbocycles. The standard InChI is InChI=1S/C16H19NO3/c18-15(13-9-14(13)16(19)20)17-6-5-10-7-11-3-1-2-4-12(11)8-10/h1-4,10,13-14H,5-9H2,(H,17,18)(H,19,20). The monoisotopic (exact) mass is 273 g/mol. The summed E-state index contributed by atoms with van der Waals surface area (Å²) in [4.78, 5) is 22.4. The Bertz CT molecular complexity index is 515. The van der Waals surface area contributed by atoms with Crippen LogP contribution in [-0.4, -0.2) is 23.5 Å². The fraction of sp³-hybridized carbons (Fsp3) is 0.500. The van der Waals surface area contributed by atoms with Gasteiger partial charge in [0.05, 0.1) is 11.8 Å². The van der Waals surface area contributed by atoms with E-state index < -0.39 is 11.9 Å². The molecule has 2 N–H and O–H groups in total. The lowest BCUT2D eigenvalue weighted by Gasteiger charge is -2.09. The molecule has 4 heteroatoms. The van der Waals surface area contributed by atoms with Gasteiger partial charge in [0.2, 0.25) is 5.91 Å². The van der Waals surface area contributed by atoms with E-state index in [1.807, 2.05) is 0 Å². The van der Waals surface area contributed by atoms with Crippen molar-refractivity contribution >= 4 is 11.9 Å². The third-order valence-corrected chi connectivity index (χ3v) is 4.43. The van der Waals surface area contributed by atoms with Gasteiger partial charge in [-0.15, -0.1) is 0 Å². The Kier molecular flexibility index (Phi) is 3.47. The molecule has 2 unspecified atom stereocenters. The number of hydrogen-bond donors (Lipinski definition) is 2. The van der Waals surface area contributed by atoms with Crippen LogP contribution in [0, 0.1) is 17.8 Å². The summed E-state index contributed by atoms with van der Waals surface area (Å²) >= 11 is 0. The summed E-state index contributed by atoms with van der Waals surface area (Å²) < 4.78 is 0. The lowest BCUT2D eigenvalue weighted by molar-refractivity contribution is -0.140. The van der Waals surface area contributed by atoms with E-state index in [9.17, 15) is 9.59 Å². The zero-order chi connectivity index (χ0) is 14.1. The molecule has 4 nitrogen and oxygen atoms in total. The Morgan fingerprint density at radius 2 is 1.80 bits per heavy atom. The highest BCUT2D eigenvalue weighted by Crippen LogP contribution is 2.38. The lowest BCUT2D eigenvalue weighted by Crippen LogP contribution is -2.28. The number of carboxylic acid groups (broad SMARTS) is 1. The molecular weight excluding hydrogens is 254 g/mol. The third kappa shape index (κ3) is 2.69. The second kappa shape index (κ2) is 5.27. The van der Waals surface area contributed by atoms with Crippen molar-refractivity contribution in [3.63, 3.8) is 0 Å². The molecule has 106 valence electrons. The average Bonchev–Trinajstić information content (AvgIpc) is 3.13. The van der Waals surface area contributed by atoms with E-state index in [0.717, 1.165) is 19.3 Å². The summed E-state index contributed by atoms with van der Waals surface area (Å²) in [6.07, 6.45) is 3.64. The predicted molar refractivity (Wildman–Crippen MR) is 74.2 cm³/mol. The molecule has 0 aromatic heterocycles. The van der Waals surface area contributed by atoms with Crippen molar-refractivity contribution in [1.29, 1.82) is 0 Å². The number of aliphatic carboxylic acids is 1. The van der Waals surface area contributed by atoms with Crippen LogP contribution in [0.2, 0.25) is 0 Å². The lowest BCUT2D eigenvalue weighted by atomic mass is 10.0. The minimum Gasteiger partial charge on any atom is -0.481 e. The van der Waals surface area contributed by atoms with Gasteiger partial charge >= 0.3 is 5.97 Å². The highest BCUT2D eigenvalue weighted by atomic mass is 16.4. The van der Waals surface area contributed by atoms with Gasteiger partial charge in [-0.05, 0) is 42.7 Å². The molecule has 1 fully saturated rings. The molecule has 0 bridgehead atoms. The van der Waals surface area contributed by atoms with Crippen LogP contribution >= 0.6 is 0 Å². The van der Waals surface area contributed by atoms with Crippen molar-refractivity contribution < 1.29 is 14.7 Å². The Morgan fingerprint density at radius 3 is 2.35 bits per heavy atom. The van der Waals surface area contributed by atoms with Crippen molar-refractivity contribution in [2.45, 2.75) is 25.7 Å². The minimum atomic E-state index is -0.851. The molecule has 20 heavy (non-hydrogen) atoms. The van der Waals surface area contributed by atoms with Gasteiger partial charge in [-0.2, -0.15) is 0 Å². The van der Waals surface area contributed by atoms with Crippen LogP contribution in [0.5, 0.6) is 0 Å². The number of carbonyl (C=O) groups excluding carboxylic acids is 1. The number of carboxylic acids is 1. The van der Waals surface area contributed by atoms with Gasteiger partial charge in [-0.1, -0.05) is 24.3 Å². The second-order valence-electron chi connectivity index (χ2n) is 5.91. The molecule has 3 rings (SSSR count). The first-order valence-electron chi connectivity index (χ1n) is 7.22. The third-order valence-electron chi connectivity index (χ3n) is 4.43. The molecule has 0 heterocycles. The van der Waals surface area contributed by atoms with Crippen molar-refractivity contribution in [1.82, 2.24) is 5.32 Å². The number of benzene rings is 1. The average molecular weight is 273 g/mol. The molecule has 1 aromatic rings. The molecule has 1 amide bonds. The quantitative estimate of drug-likeness (QED) is 0.857. The maximum Gasteiger partial charge on any atom is 0.307 e. The number of fused-ring (bicyclic) bond motifs is 1. The van der Waals surface area contributed by atoms with Crippen LogP contribution in [0.3, 0.4) is 0 Å². The van der Waals surface area contributed by atoms with E-state index in [1.165, 1.54) is 11.1 Å². The molecular formula is C16H19NO3. The summed E-state index contributed by atoms with van der Waals surface area (Å²) in [5.41, 5.74) is 2.86. The van der Waals surface area contributed by atoms with Gasteiger partial charge in [0.15, 0.2) is 0 Å². The Hall–Kier alpha value is -1.84. The van der Waals surface area contributed by atoms with E-state index in [4.69, 9.17) is 5.11 Å². The van der Waals surface area contributed by atoms with Crippen LogP contribution in [-0.2, 0) is 22.4 Å². The maximum atomic E-state index is 11.7. The Balaban J connectivity index is 1.40. The highest BCUT2D eigenvalue weighted by molar-refractivity contribution is 5.89. The fourth-order valence-corrected chi connectivity index (χ4v) is 3.14. The van der Waals surface area contributed by atoms with Gasteiger partial charge in [0.25, 0.3) is 0 Å². The van der Waals surface area contributed by atoms with E-state index in [0.29, 0.717) is 18.9 Å². The largest absolute Gasteiger partial charge is 0.481 e. The molecule has 0 radical (unpaired) electrons. The molecule has 2 aliphatic rings. The van der Waals surface area contributed by atoms with Gasteiger partial charge in [0, 0.05) is 6.54 Å². The van der Waals surface area contributed by atoms with Crippen molar-refractivity contribution in [3.8, 4) is 0 Å². The molecule has 2 atom stereocenters. The number of rotatable bonds is 5. The zero-order valence-corrected chi connectivity index (χ0v) is 11.3. The van der Waals surface area contributed by atoms with Gasteiger partial charge in [-0.25, -0.2) is 0 Å². The predicted octanol–water partition coefficient (Wildman–Crippen LogP) is 1.63. The van der Waals surface area contributed by atoms with Gasteiger partial charge < -0.3 is 10.4 Å². The van der Waals surface area contributed by atoms with E-state index in [-0.39, 0.29) is 11.8 Å². The molecule has 0 spiro atoms. The highest BCUT2D eigenvalue weighted by Gasteiger charge is 2.48. The van der Waals surface area contributed by atoms with Crippen molar-refractivity contribution in [2.75, 3.05) is 6.54 Å². The van der Waals surface area contributed by atoms with Crippen LogP contribution in [0.25, 0.3) is 0 Å². The smallest absolute Gasteiger partial charge is 0.307 e. The van der Waals surface area contributed by atoms with Crippen LogP contribution in [0.15, 0.2) is 24.3 Å². The zero-order valence-electron chi connectivity index (χ0n) is 11.3. The van der Waals surface area contributed by atoms with Crippen molar-refractivity contribution in [2.24, 2.45) is 17.8 Å². The first kappa shape index (κ1) is 13.2. The summed E-state index contributed by atoms with van der Waals surface area (Å²) in [7, 11) is 0. The summed E-state index contributed by atoms with van der Waals surface area (Å²) in [6.45, 7) is 0.653. The van der Waals surface area contributed by atoms with Crippen LogP contribution < -0.4 is 5.32 Å². The summed E-state index contributed by atoms with van der Waals surface area (Å²) in [6, 6.07) is 8.50.